The van der Waals surface area contributed by atoms with Gasteiger partial charge in [-0.3, -0.25) is 0 Å². The van der Waals surface area contributed by atoms with Crippen LogP contribution in [0.1, 0.15) is 29.3 Å². The first-order valence-corrected chi connectivity index (χ1v) is 9.81. The molecule has 0 fully saturated rings. The van der Waals surface area contributed by atoms with Crippen LogP contribution in [0.5, 0.6) is 17.2 Å². The maximum atomic E-state index is 12.9. The fourth-order valence-electron chi connectivity index (χ4n) is 3.29. The molecule has 7 heteroatoms. The van der Waals surface area contributed by atoms with Crippen LogP contribution in [-0.4, -0.2) is 54.2 Å². The van der Waals surface area contributed by atoms with Crippen LogP contribution in [-0.2, 0) is 15.0 Å². The average Bonchev–Trinajstić information content (AvgIpc) is 2.80. The van der Waals surface area contributed by atoms with Gasteiger partial charge in [0, 0.05) is 13.7 Å². The molecule has 0 amide bonds. The van der Waals surface area contributed by atoms with Crippen LogP contribution < -0.4 is 19.5 Å². The zero-order valence-electron chi connectivity index (χ0n) is 18.3. The summed E-state index contributed by atoms with van der Waals surface area (Å²) in [6.45, 7) is 3.39. The molecule has 164 valence electrons. The largest absolute Gasteiger partial charge is 0.493 e. The van der Waals surface area contributed by atoms with Gasteiger partial charge >= 0.3 is 5.97 Å². The predicted molar refractivity (Wildman–Crippen MR) is 115 cm³/mol. The summed E-state index contributed by atoms with van der Waals surface area (Å²) in [5.41, 5.74) is 0.830. The molecule has 1 unspecified atom stereocenters. The highest BCUT2D eigenvalue weighted by atomic mass is 16.5. The van der Waals surface area contributed by atoms with E-state index in [2.05, 4.69) is 12.2 Å². The van der Waals surface area contributed by atoms with E-state index in [1.54, 1.807) is 19.2 Å². The molecule has 0 saturated heterocycles. The summed E-state index contributed by atoms with van der Waals surface area (Å²) in [5, 5.41) is 3.50. The third kappa shape index (κ3) is 5.43. The van der Waals surface area contributed by atoms with E-state index in [0.717, 1.165) is 12.0 Å². The van der Waals surface area contributed by atoms with Crippen LogP contribution in [0, 0.1) is 0 Å². The molecular weight excluding hydrogens is 386 g/mol. The maximum Gasteiger partial charge on any atom is 0.338 e. The average molecular weight is 418 g/mol. The number of hydrogen-bond acceptors (Lipinski definition) is 7. The first-order chi connectivity index (χ1) is 14.5. The Labute approximate surface area is 178 Å². The molecule has 0 aliphatic rings. The molecule has 2 rings (SSSR count). The highest BCUT2D eigenvalue weighted by molar-refractivity contribution is 5.91. The Balaban J connectivity index is 2.27. The van der Waals surface area contributed by atoms with Crippen LogP contribution in [0.25, 0.3) is 0 Å². The molecule has 2 aromatic rings. The number of carbonyl (C=O) groups excluding carboxylic acids is 1. The van der Waals surface area contributed by atoms with Gasteiger partial charge in [0.1, 0.15) is 6.61 Å². The van der Waals surface area contributed by atoms with E-state index in [1.165, 1.54) is 21.3 Å². The summed E-state index contributed by atoms with van der Waals surface area (Å²) in [4.78, 5) is 12.9. The fourth-order valence-corrected chi connectivity index (χ4v) is 3.29. The highest BCUT2D eigenvalue weighted by Gasteiger charge is 2.32. The van der Waals surface area contributed by atoms with Crippen molar-refractivity contribution in [1.82, 2.24) is 5.32 Å². The third-order valence-corrected chi connectivity index (χ3v) is 5.05. The van der Waals surface area contributed by atoms with Crippen molar-refractivity contribution < 1.29 is 28.5 Å². The van der Waals surface area contributed by atoms with Gasteiger partial charge in [-0.05, 0) is 24.1 Å². The molecule has 0 bridgehead atoms. The van der Waals surface area contributed by atoms with Crippen molar-refractivity contribution in [2.75, 3.05) is 48.2 Å². The number of nitrogens with one attached hydrogen (secondary N) is 1. The van der Waals surface area contributed by atoms with Crippen molar-refractivity contribution in [3.8, 4) is 17.2 Å². The lowest BCUT2D eigenvalue weighted by Gasteiger charge is -2.34. The Morgan fingerprint density at radius 2 is 1.60 bits per heavy atom. The van der Waals surface area contributed by atoms with E-state index in [-0.39, 0.29) is 6.61 Å². The Hall–Kier alpha value is -2.77. The summed E-state index contributed by atoms with van der Waals surface area (Å²) >= 11 is 0. The molecule has 0 radical (unpaired) electrons. The summed E-state index contributed by atoms with van der Waals surface area (Å²) in [6.07, 6.45) is 0.725. The van der Waals surface area contributed by atoms with Crippen molar-refractivity contribution in [3.63, 3.8) is 0 Å². The van der Waals surface area contributed by atoms with Crippen molar-refractivity contribution >= 4 is 5.97 Å². The van der Waals surface area contributed by atoms with Crippen molar-refractivity contribution in [1.29, 1.82) is 0 Å². The van der Waals surface area contributed by atoms with E-state index in [9.17, 15) is 4.79 Å². The van der Waals surface area contributed by atoms with Crippen LogP contribution in [0.15, 0.2) is 42.5 Å². The molecule has 2 aromatic carbocycles. The van der Waals surface area contributed by atoms with Gasteiger partial charge in [-0.25, -0.2) is 4.79 Å². The number of hydrogen-bond donors (Lipinski definition) is 1. The summed E-state index contributed by atoms with van der Waals surface area (Å²) in [7, 11) is 6.18. The molecule has 0 aliphatic carbocycles. The van der Waals surface area contributed by atoms with Gasteiger partial charge in [-0.1, -0.05) is 37.3 Å². The number of esters is 1. The lowest BCUT2D eigenvalue weighted by Crippen LogP contribution is -2.47. The van der Waals surface area contributed by atoms with Gasteiger partial charge in [0.15, 0.2) is 11.5 Å². The normalized spacial score (nSPS) is 12.7. The van der Waals surface area contributed by atoms with Gasteiger partial charge in [-0.15, -0.1) is 0 Å². The Kier molecular flexibility index (Phi) is 8.95. The number of benzene rings is 2. The standard InChI is InChI=1S/C23H31NO6/c1-6-23(24-12-13-26-2,18-10-8-7-9-11-18)16-30-22(25)17-14-19(27-3)21(29-5)20(15-17)28-4/h7-11,14-15,24H,6,12-13,16H2,1-5H3. The molecule has 7 nitrogen and oxygen atoms in total. The van der Waals surface area contributed by atoms with Gasteiger partial charge < -0.3 is 29.0 Å². The molecular formula is C23H31NO6. The Morgan fingerprint density at radius 3 is 2.10 bits per heavy atom. The number of rotatable bonds is 12. The minimum absolute atomic E-state index is 0.159. The van der Waals surface area contributed by atoms with E-state index < -0.39 is 11.5 Å². The van der Waals surface area contributed by atoms with Crippen LogP contribution in [0.2, 0.25) is 0 Å². The molecule has 0 aliphatic heterocycles. The lowest BCUT2D eigenvalue weighted by atomic mass is 9.88. The quantitative estimate of drug-likeness (QED) is 0.419. The minimum Gasteiger partial charge on any atom is -0.493 e. The van der Waals surface area contributed by atoms with Crippen LogP contribution >= 0.6 is 0 Å². The maximum absolute atomic E-state index is 12.9. The lowest BCUT2D eigenvalue weighted by molar-refractivity contribution is 0.0339. The second-order valence-corrected chi connectivity index (χ2v) is 6.71. The first kappa shape index (κ1) is 23.5. The molecule has 0 aromatic heterocycles. The van der Waals surface area contributed by atoms with Gasteiger partial charge in [0.25, 0.3) is 0 Å². The zero-order valence-corrected chi connectivity index (χ0v) is 18.3. The van der Waals surface area contributed by atoms with E-state index in [4.69, 9.17) is 23.7 Å². The van der Waals surface area contributed by atoms with E-state index in [1.807, 2.05) is 30.3 Å². The number of methoxy groups -OCH3 is 4. The number of carbonyl (C=O) groups is 1. The topological polar surface area (TPSA) is 75.3 Å². The molecule has 0 heterocycles. The third-order valence-electron chi connectivity index (χ3n) is 5.05. The van der Waals surface area contributed by atoms with E-state index >= 15 is 0 Å². The smallest absolute Gasteiger partial charge is 0.338 e. The molecule has 0 spiro atoms. The second-order valence-electron chi connectivity index (χ2n) is 6.71. The van der Waals surface area contributed by atoms with E-state index in [0.29, 0.717) is 36.0 Å². The fraction of sp³-hybridized carbons (Fsp3) is 0.435. The Bertz CT molecular complexity index is 786. The minimum atomic E-state index is -0.532. The summed E-state index contributed by atoms with van der Waals surface area (Å²) in [6, 6.07) is 13.1. The van der Waals surface area contributed by atoms with Gasteiger partial charge in [0.2, 0.25) is 5.75 Å². The van der Waals surface area contributed by atoms with Crippen molar-refractivity contribution in [3.05, 3.63) is 53.6 Å². The first-order valence-electron chi connectivity index (χ1n) is 9.81. The second kappa shape index (κ2) is 11.4. The van der Waals surface area contributed by atoms with Crippen LogP contribution in [0.4, 0.5) is 0 Å². The SMILES string of the molecule is CCC(COC(=O)c1cc(OC)c(OC)c(OC)c1)(NCCOC)c1ccccc1. The predicted octanol–water partition coefficient (Wildman–Crippen LogP) is 3.41. The molecule has 1 atom stereocenters. The number of ether oxygens (including phenoxy) is 5. The van der Waals surface area contributed by atoms with Crippen molar-refractivity contribution in [2.24, 2.45) is 0 Å². The monoisotopic (exact) mass is 417 g/mol. The van der Waals surface area contributed by atoms with Gasteiger partial charge in [0.05, 0.1) is 39.0 Å². The van der Waals surface area contributed by atoms with Gasteiger partial charge in [-0.2, -0.15) is 0 Å². The highest BCUT2D eigenvalue weighted by Crippen LogP contribution is 2.38. The molecule has 30 heavy (non-hydrogen) atoms. The van der Waals surface area contributed by atoms with Crippen molar-refractivity contribution in [2.45, 2.75) is 18.9 Å². The zero-order chi connectivity index (χ0) is 22.0. The molecule has 1 N–H and O–H groups in total. The Morgan fingerprint density at radius 1 is 0.967 bits per heavy atom. The summed E-state index contributed by atoms with van der Waals surface area (Å²) in [5.74, 6) is 0.736. The van der Waals surface area contributed by atoms with Crippen LogP contribution in [0.3, 0.4) is 0 Å². The molecule has 0 saturated carbocycles. The summed E-state index contributed by atoms with van der Waals surface area (Å²) < 4.78 is 26.9.